The van der Waals surface area contributed by atoms with Gasteiger partial charge in [-0.3, -0.25) is 4.68 Å². The van der Waals surface area contributed by atoms with Crippen molar-refractivity contribution in [2.75, 3.05) is 6.61 Å². The van der Waals surface area contributed by atoms with Crippen molar-refractivity contribution in [3.8, 4) is 0 Å². The lowest BCUT2D eigenvalue weighted by Crippen LogP contribution is -2.44. The molecular weight excluding hydrogens is 228 g/mol. The summed E-state index contributed by atoms with van der Waals surface area (Å²) in [5, 5.41) is 17.2. The molecule has 0 aliphatic heterocycles. The molecule has 1 aromatic heterocycles. The van der Waals surface area contributed by atoms with Crippen LogP contribution < -0.4 is 5.32 Å². The van der Waals surface area contributed by atoms with Crippen LogP contribution in [-0.4, -0.2) is 38.6 Å². The summed E-state index contributed by atoms with van der Waals surface area (Å²) in [4.78, 5) is 3.94. The van der Waals surface area contributed by atoms with Gasteiger partial charge in [0.2, 0.25) is 0 Å². The van der Waals surface area contributed by atoms with Gasteiger partial charge in [-0.15, -0.1) is 0 Å². The van der Waals surface area contributed by atoms with Crippen molar-refractivity contribution in [2.24, 2.45) is 5.92 Å². The highest BCUT2D eigenvalue weighted by atomic mass is 16.3. The molecule has 18 heavy (non-hydrogen) atoms. The Kier molecular flexibility index (Phi) is 5.13. The second-order valence-electron chi connectivity index (χ2n) is 5.35. The number of rotatable bonds is 6. The molecule has 1 heterocycles. The summed E-state index contributed by atoms with van der Waals surface area (Å²) in [7, 11) is 0. The van der Waals surface area contributed by atoms with Crippen LogP contribution in [0.3, 0.4) is 0 Å². The van der Waals surface area contributed by atoms with E-state index < -0.39 is 0 Å². The van der Waals surface area contributed by atoms with E-state index in [0.717, 1.165) is 19.4 Å². The van der Waals surface area contributed by atoms with Crippen molar-refractivity contribution in [1.82, 2.24) is 20.1 Å². The lowest BCUT2D eigenvalue weighted by Gasteiger charge is -2.33. The van der Waals surface area contributed by atoms with Crippen LogP contribution in [0.25, 0.3) is 0 Å². The lowest BCUT2D eigenvalue weighted by molar-refractivity contribution is 0.145. The SMILES string of the molecule is CC(CCn1cncn1)NC1CCCCC1CO. The number of hydrogen-bond donors (Lipinski definition) is 2. The van der Waals surface area contributed by atoms with Gasteiger partial charge in [-0.05, 0) is 32.1 Å². The second-order valence-corrected chi connectivity index (χ2v) is 5.35. The largest absolute Gasteiger partial charge is 0.396 e. The molecule has 0 spiro atoms. The van der Waals surface area contributed by atoms with E-state index in [2.05, 4.69) is 22.3 Å². The zero-order chi connectivity index (χ0) is 12.8. The Balaban J connectivity index is 1.73. The van der Waals surface area contributed by atoms with Crippen LogP contribution in [-0.2, 0) is 6.54 Å². The zero-order valence-electron chi connectivity index (χ0n) is 11.1. The van der Waals surface area contributed by atoms with Crippen LogP contribution >= 0.6 is 0 Å². The highest BCUT2D eigenvalue weighted by Crippen LogP contribution is 2.24. The molecule has 1 aromatic rings. The van der Waals surface area contributed by atoms with Gasteiger partial charge in [-0.2, -0.15) is 5.10 Å². The fourth-order valence-electron chi connectivity index (χ4n) is 2.77. The molecule has 1 aliphatic carbocycles. The normalized spacial score (nSPS) is 26.1. The summed E-state index contributed by atoms with van der Waals surface area (Å²) in [6.45, 7) is 3.41. The Labute approximate surface area is 109 Å². The van der Waals surface area contributed by atoms with E-state index in [1.54, 1.807) is 12.7 Å². The first kappa shape index (κ1) is 13.5. The fourth-order valence-corrected chi connectivity index (χ4v) is 2.77. The van der Waals surface area contributed by atoms with E-state index in [4.69, 9.17) is 0 Å². The number of aryl methyl sites for hydroxylation is 1. The van der Waals surface area contributed by atoms with Crippen molar-refractivity contribution < 1.29 is 5.11 Å². The Morgan fingerprint density at radius 3 is 3.00 bits per heavy atom. The number of nitrogens with zero attached hydrogens (tertiary/aromatic N) is 3. The molecule has 0 amide bonds. The van der Waals surface area contributed by atoms with Crippen molar-refractivity contribution >= 4 is 0 Å². The fraction of sp³-hybridized carbons (Fsp3) is 0.846. The maximum absolute atomic E-state index is 9.39. The third-order valence-electron chi connectivity index (χ3n) is 3.90. The Morgan fingerprint density at radius 2 is 2.28 bits per heavy atom. The van der Waals surface area contributed by atoms with Crippen LogP contribution in [0.1, 0.15) is 39.0 Å². The number of nitrogens with one attached hydrogen (secondary N) is 1. The van der Waals surface area contributed by atoms with Gasteiger partial charge in [0, 0.05) is 25.2 Å². The molecule has 3 unspecified atom stereocenters. The average Bonchev–Trinajstić information content (AvgIpc) is 2.90. The minimum absolute atomic E-state index is 0.313. The van der Waals surface area contributed by atoms with Crippen LogP contribution in [0.2, 0.25) is 0 Å². The Morgan fingerprint density at radius 1 is 1.44 bits per heavy atom. The van der Waals surface area contributed by atoms with Gasteiger partial charge < -0.3 is 10.4 Å². The molecule has 0 bridgehead atoms. The van der Waals surface area contributed by atoms with E-state index in [1.807, 2.05) is 4.68 Å². The van der Waals surface area contributed by atoms with E-state index in [0.29, 0.717) is 24.6 Å². The van der Waals surface area contributed by atoms with Crippen LogP contribution in [0.15, 0.2) is 12.7 Å². The number of aliphatic hydroxyl groups is 1. The smallest absolute Gasteiger partial charge is 0.137 e. The topological polar surface area (TPSA) is 63.0 Å². The summed E-state index contributed by atoms with van der Waals surface area (Å²) in [6.07, 6.45) is 9.26. The Hall–Kier alpha value is -0.940. The molecule has 2 N–H and O–H groups in total. The molecule has 2 rings (SSSR count). The highest BCUT2D eigenvalue weighted by molar-refractivity contribution is 4.82. The van der Waals surface area contributed by atoms with Gasteiger partial charge in [0.25, 0.3) is 0 Å². The van der Waals surface area contributed by atoms with Crippen molar-refractivity contribution in [2.45, 2.75) is 57.7 Å². The zero-order valence-corrected chi connectivity index (χ0v) is 11.1. The maximum Gasteiger partial charge on any atom is 0.137 e. The molecule has 0 radical (unpaired) electrons. The monoisotopic (exact) mass is 252 g/mol. The summed E-state index contributed by atoms with van der Waals surface area (Å²) in [5.74, 6) is 0.438. The average molecular weight is 252 g/mol. The molecule has 5 nitrogen and oxygen atoms in total. The standard InChI is InChI=1S/C13H24N4O/c1-11(6-7-17-10-14-9-15-17)16-13-5-3-2-4-12(13)8-18/h9-13,16,18H,2-8H2,1H3. The number of aliphatic hydroxyl groups excluding tert-OH is 1. The van der Waals surface area contributed by atoms with Gasteiger partial charge in [0.15, 0.2) is 0 Å². The van der Waals surface area contributed by atoms with E-state index in [-0.39, 0.29) is 0 Å². The van der Waals surface area contributed by atoms with Gasteiger partial charge in [0.05, 0.1) is 0 Å². The van der Waals surface area contributed by atoms with Crippen molar-refractivity contribution in [3.63, 3.8) is 0 Å². The predicted molar refractivity (Wildman–Crippen MR) is 70.1 cm³/mol. The quantitative estimate of drug-likeness (QED) is 0.798. The third-order valence-corrected chi connectivity index (χ3v) is 3.90. The van der Waals surface area contributed by atoms with Gasteiger partial charge in [-0.25, -0.2) is 4.98 Å². The molecule has 1 saturated carbocycles. The van der Waals surface area contributed by atoms with E-state index in [1.165, 1.54) is 19.3 Å². The predicted octanol–water partition coefficient (Wildman–Crippen LogP) is 1.20. The molecule has 0 aromatic carbocycles. The summed E-state index contributed by atoms with van der Waals surface area (Å²) >= 11 is 0. The molecule has 1 aliphatic rings. The van der Waals surface area contributed by atoms with Crippen molar-refractivity contribution in [1.29, 1.82) is 0 Å². The second kappa shape index (κ2) is 6.85. The molecule has 3 atom stereocenters. The third kappa shape index (κ3) is 3.78. The maximum atomic E-state index is 9.39. The first-order valence-corrected chi connectivity index (χ1v) is 6.99. The van der Waals surface area contributed by atoms with Gasteiger partial charge in [-0.1, -0.05) is 12.8 Å². The van der Waals surface area contributed by atoms with Crippen LogP contribution in [0.5, 0.6) is 0 Å². The van der Waals surface area contributed by atoms with Gasteiger partial charge >= 0.3 is 0 Å². The molecule has 102 valence electrons. The van der Waals surface area contributed by atoms with Crippen molar-refractivity contribution in [3.05, 3.63) is 12.7 Å². The van der Waals surface area contributed by atoms with E-state index >= 15 is 0 Å². The number of aromatic nitrogens is 3. The van der Waals surface area contributed by atoms with Gasteiger partial charge in [0.1, 0.15) is 12.7 Å². The minimum atomic E-state index is 0.313. The molecular formula is C13H24N4O. The molecule has 0 saturated heterocycles. The summed E-state index contributed by atoms with van der Waals surface area (Å²) < 4.78 is 1.86. The molecule has 1 fully saturated rings. The first-order valence-electron chi connectivity index (χ1n) is 6.99. The van der Waals surface area contributed by atoms with E-state index in [9.17, 15) is 5.11 Å². The highest BCUT2D eigenvalue weighted by Gasteiger charge is 2.25. The van der Waals surface area contributed by atoms with Crippen LogP contribution in [0, 0.1) is 5.92 Å². The van der Waals surface area contributed by atoms with Crippen LogP contribution in [0.4, 0.5) is 0 Å². The summed E-state index contributed by atoms with van der Waals surface area (Å²) in [5.41, 5.74) is 0. The molecule has 5 heteroatoms. The summed E-state index contributed by atoms with van der Waals surface area (Å²) in [6, 6.07) is 0.931. The lowest BCUT2D eigenvalue weighted by atomic mass is 9.84. The minimum Gasteiger partial charge on any atom is -0.396 e. The Bertz CT molecular complexity index is 328. The number of hydrogen-bond acceptors (Lipinski definition) is 4. The first-order chi connectivity index (χ1) is 8.79.